The van der Waals surface area contributed by atoms with Gasteiger partial charge in [0.2, 0.25) is 0 Å². The molecule has 2 nitrogen and oxygen atoms in total. The molecule has 0 aliphatic carbocycles. The summed E-state index contributed by atoms with van der Waals surface area (Å²) in [5.74, 6) is 0.471. The summed E-state index contributed by atoms with van der Waals surface area (Å²) in [5, 5.41) is 5.17. The quantitative estimate of drug-likeness (QED) is 0.225. The highest BCUT2D eigenvalue weighted by atomic mass is 14.7. The second-order valence-electron chi connectivity index (χ2n) is 9.56. The van der Waals surface area contributed by atoms with Gasteiger partial charge >= 0.3 is 0 Å². The summed E-state index contributed by atoms with van der Waals surface area (Å²) >= 11 is 0. The Balaban J connectivity index is 1.50. The van der Waals surface area contributed by atoms with Gasteiger partial charge in [-0.2, -0.15) is 0 Å². The van der Waals surface area contributed by atoms with Crippen LogP contribution in [-0.4, -0.2) is 9.97 Å². The molecule has 6 aromatic rings. The van der Waals surface area contributed by atoms with Crippen LogP contribution in [0, 0.1) is 0 Å². The second-order valence-corrected chi connectivity index (χ2v) is 9.56. The highest BCUT2D eigenvalue weighted by molar-refractivity contribution is 5.99. The number of hydrogen-bond donors (Lipinski definition) is 0. The van der Waals surface area contributed by atoms with E-state index in [1.807, 2.05) is 0 Å². The van der Waals surface area contributed by atoms with Gasteiger partial charge in [0.25, 0.3) is 0 Å². The normalized spacial score (nSPS) is 12.6. The van der Waals surface area contributed by atoms with Crippen molar-refractivity contribution in [2.75, 3.05) is 0 Å². The molecule has 0 fully saturated rings. The minimum Gasteiger partial charge on any atom is -0.248 e. The summed E-state index contributed by atoms with van der Waals surface area (Å²) in [6.45, 7) is 2.30. The summed E-state index contributed by atoms with van der Waals surface area (Å²) in [6.07, 6.45) is 5.76. The number of rotatable bonds is 7. The van der Waals surface area contributed by atoms with E-state index in [0.717, 1.165) is 34.9 Å². The van der Waals surface area contributed by atoms with Gasteiger partial charge in [0.05, 0.1) is 22.1 Å². The third-order valence-corrected chi connectivity index (χ3v) is 7.39. The van der Waals surface area contributed by atoms with Gasteiger partial charge in [-0.05, 0) is 60.6 Å². The van der Waals surface area contributed by atoms with Crippen LogP contribution in [0.2, 0.25) is 0 Å². The molecule has 0 amide bonds. The molecule has 2 heterocycles. The topological polar surface area (TPSA) is 25.8 Å². The molecule has 0 radical (unpaired) electrons. The summed E-state index contributed by atoms with van der Waals surface area (Å²) < 4.78 is 0. The van der Waals surface area contributed by atoms with Gasteiger partial charge in [-0.25, -0.2) is 9.97 Å². The SMILES string of the molecule is CCCCC(CCc1c2ccccc2nc2ccccc12)c1c2ccccc2nc2ccccc12. The van der Waals surface area contributed by atoms with E-state index in [9.17, 15) is 0 Å². The number of fused-ring (bicyclic) bond motifs is 4. The minimum atomic E-state index is 0.471. The lowest BCUT2D eigenvalue weighted by Crippen LogP contribution is -2.05. The van der Waals surface area contributed by atoms with E-state index in [4.69, 9.17) is 9.97 Å². The van der Waals surface area contributed by atoms with Crippen molar-refractivity contribution in [3.63, 3.8) is 0 Å². The molecule has 172 valence electrons. The van der Waals surface area contributed by atoms with Crippen LogP contribution in [0.5, 0.6) is 0 Å². The lowest BCUT2D eigenvalue weighted by molar-refractivity contribution is 0.554. The number of para-hydroxylation sites is 4. The fourth-order valence-corrected chi connectivity index (χ4v) is 5.71. The first-order chi connectivity index (χ1) is 17.3. The molecule has 0 bridgehead atoms. The van der Waals surface area contributed by atoms with E-state index in [1.165, 1.54) is 51.9 Å². The van der Waals surface area contributed by atoms with Crippen molar-refractivity contribution in [1.82, 2.24) is 9.97 Å². The molecule has 6 rings (SSSR count). The Morgan fingerprint density at radius 2 is 0.971 bits per heavy atom. The van der Waals surface area contributed by atoms with Crippen LogP contribution in [0.1, 0.15) is 49.7 Å². The number of aromatic nitrogens is 2. The zero-order valence-corrected chi connectivity index (χ0v) is 20.2. The zero-order valence-electron chi connectivity index (χ0n) is 20.2. The van der Waals surface area contributed by atoms with Crippen molar-refractivity contribution in [1.29, 1.82) is 0 Å². The maximum Gasteiger partial charge on any atom is 0.0712 e. The lowest BCUT2D eigenvalue weighted by Gasteiger charge is -2.22. The number of benzene rings is 4. The maximum atomic E-state index is 4.99. The van der Waals surface area contributed by atoms with Crippen molar-refractivity contribution in [3.8, 4) is 0 Å². The van der Waals surface area contributed by atoms with E-state index in [0.29, 0.717) is 5.92 Å². The molecule has 1 unspecified atom stereocenters. The van der Waals surface area contributed by atoms with Crippen molar-refractivity contribution < 1.29 is 0 Å². The van der Waals surface area contributed by atoms with Gasteiger partial charge in [-0.1, -0.05) is 92.6 Å². The van der Waals surface area contributed by atoms with Gasteiger partial charge < -0.3 is 0 Å². The van der Waals surface area contributed by atoms with Crippen molar-refractivity contribution in [2.45, 2.75) is 44.9 Å². The Labute approximate surface area is 206 Å². The minimum absolute atomic E-state index is 0.471. The second kappa shape index (κ2) is 9.46. The summed E-state index contributed by atoms with van der Waals surface area (Å²) in [5.41, 5.74) is 7.28. The summed E-state index contributed by atoms with van der Waals surface area (Å²) in [7, 11) is 0. The van der Waals surface area contributed by atoms with E-state index < -0.39 is 0 Å². The van der Waals surface area contributed by atoms with Crippen LogP contribution in [0.15, 0.2) is 97.1 Å². The van der Waals surface area contributed by atoms with E-state index in [1.54, 1.807) is 0 Å². The van der Waals surface area contributed by atoms with Crippen molar-refractivity contribution in [2.24, 2.45) is 0 Å². The van der Waals surface area contributed by atoms with Crippen LogP contribution >= 0.6 is 0 Å². The number of pyridine rings is 2. The number of unbranched alkanes of at least 4 members (excludes halogenated alkanes) is 1. The Kier molecular flexibility index (Phi) is 5.88. The Morgan fingerprint density at radius 1 is 0.543 bits per heavy atom. The van der Waals surface area contributed by atoms with Crippen molar-refractivity contribution in [3.05, 3.63) is 108 Å². The standard InChI is InChI=1S/C33H30N2/c1-2-3-12-23(33-27-15-6-10-19-31(27)35-32-20-11-7-16-28(32)33)21-22-24-25-13-4-8-17-29(25)34-30-18-9-5-14-26(24)30/h4-11,13-20,23H,2-3,12,21-22H2,1H3. The number of nitrogens with zero attached hydrogens (tertiary/aromatic N) is 2. The van der Waals surface area contributed by atoms with Gasteiger partial charge in [0.1, 0.15) is 0 Å². The summed E-state index contributed by atoms with van der Waals surface area (Å²) in [4.78, 5) is 9.94. The average molecular weight is 455 g/mol. The first-order valence-corrected chi connectivity index (χ1v) is 12.9. The fourth-order valence-electron chi connectivity index (χ4n) is 5.71. The molecule has 2 aromatic heterocycles. The molecule has 35 heavy (non-hydrogen) atoms. The van der Waals surface area contributed by atoms with Crippen LogP contribution in [0.4, 0.5) is 0 Å². The molecular formula is C33H30N2. The zero-order chi connectivity index (χ0) is 23.6. The first-order valence-electron chi connectivity index (χ1n) is 12.9. The Hall–Kier alpha value is -3.78. The molecular weight excluding hydrogens is 424 g/mol. The predicted molar refractivity (Wildman–Crippen MR) is 149 cm³/mol. The van der Waals surface area contributed by atoms with Crippen LogP contribution < -0.4 is 0 Å². The molecule has 1 atom stereocenters. The molecule has 2 heteroatoms. The van der Waals surface area contributed by atoms with Crippen LogP contribution in [-0.2, 0) is 6.42 Å². The molecule has 0 saturated carbocycles. The molecule has 0 aliphatic heterocycles. The highest BCUT2D eigenvalue weighted by Gasteiger charge is 2.20. The van der Waals surface area contributed by atoms with E-state index in [-0.39, 0.29) is 0 Å². The highest BCUT2D eigenvalue weighted by Crippen LogP contribution is 2.38. The number of aryl methyl sites for hydroxylation is 1. The van der Waals surface area contributed by atoms with E-state index in [2.05, 4.69) is 104 Å². The Morgan fingerprint density at radius 3 is 1.46 bits per heavy atom. The van der Waals surface area contributed by atoms with Crippen LogP contribution in [0.25, 0.3) is 43.6 Å². The third-order valence-electron chi connectivity index (χ3n) is 7.39. The van der Waals surface area contributed by atoms with Gasteiger partial charge in [-0.15, -0.1) is 0 Å². The van der Waals surface area contributed by atoms with Crippen LogP contribution in [0.3, 0.4) is 0 Å². The largest absolute Gasteiger partial charge is 0.248 e. The third kappa shape index (κ3) is 4.04. The van der Waals surface area contributed by atoms with E-state index >= 15 is 0 Å². The fraction of sp³-hybridized carbons (Fsp3) is 0.212. The first kappa shape index (κ1) is 21.7. The molecule has 0 spiro atoms. The van der Waals surface area contributed by atoms with Crippen molar-refractivity contribution >= 4 is 43.6 Å². The average Bonchev–Trinajstić information content (AvgIpc) is 2.91. The molecule has 0 N–H and O–H groups in total. The monoisotopic (exact) mass is 454 g/mol. The number of hydrogen-bond acceptors (Lipinski definition) is 2. The maximum absolute atomic E-state index is 4.99. The van der Waals surface area contributed by atoms with Gasteiger partial charge in [0.15, 0.2) is 0 Å². The Bertz CT molecular complexity index is 1540. The molecule has 0 saturated heterocycles. The van der Waals surface area contributed by atoms with Gasteiger partial charge in [-0.3, -0.25) is 0 Å². The molecule has 0 aliphatic rings. The lowest BCUT2D eigenvalue weighted by atomic mass is 9.83. The van der Waals surface area contributed by atoms with Gasteiger partial charge in [0, 0.05) is 21.5 Å². The summed E-state index contributed by atoms with van der Waals surface area (Å²) in [6, 6.07) is 34.6. The smallest absolute Gasteiger partial charge is 0.0712 e. The predicted octanol–water partition coefficient (Wildman–Crippen LogP) is 9.00. The molecule has 4 aromatic carbocycles.